The van der Waals surface area contributed by atoms with Crippen molar-refractivity contribution < 1.29 is 19.1 Å². The third kappa shape index (κ3) is 5.46. The van der Waals surface area contributed by atoms with Crippen LogP contribution in [0, 0.1) is 0 Å². The number of rotatable bonds is 5. The lowest BCUT2D eigenvalue weighted by molar-refractivity contribution is -0.126. The first-order chi connectivity index (χ1) is 11.0. The molecule has 122 valence electrons. The van der Waals surface area contributed by atoms with Crippen LogP contribution in [0.25, 0.3) is 6.08 Å². The van der Waals surface area contributed by atoms with Crippen molar-refractivity contribution in [2.24, 2.45) is 5.73 Å². The summed E-state index contributed by atoms with van der Waals surface area (Å²) in [5.74, 6) is -0.166. The smallest absolute Gasteiger partial charge is 0.255 e. The van der Waals surface area contributed by atoms with E-state index in [-0.39, 0.29) is 18.4 Å². The average Bonchev–Trinajstić information content (AvgIpc) is 2.76. The van der Waals surface area contributed by atoms with Crippen molar-refractivity contribution >= 4 is 23.8 Å². The summed E-state index contributed by atoms with van der Waals surface area (Å²) in [6, 6.07) is 6.93. The van der Waals surface area contributed by atoms with Crippen LogP contribution in [0.4, 0.5) is 0 Å². The third-order valence-corrected chi connectivity index (χ3v) is 3.30. The zero-order valence-corrected chi connectivity index (χ0v) is 12.7. The molecule has 0 radical (unpaired) electrons. The molecule has 1 aromatic carbocycles. The highest BCUT2D eigenvalue weighted by Gasteiger charge is 2.16. The number of hydrogen-bond donors (Lipinski definition) is 2. The normalized spacial score (nSPS) is 15.1. The molecule has 0 unspecified atom stereocenters. The Bertz CT molecular complexity index is 610. The van der Waals surface area contributed by atoms with Gasteiger partial charge in [0.05, 0.1) is 0 Å². The van der Waals surface area contributed by atoms with Crippen LogP contribution in [0.1, 0.15) is 12.0 Å². The van der Waals surface area contributed by atoms with Gasteiger partial charge in [0.25, 0.3) is 5.91 Å². The van der Waals surface area contributed by atoms with Crippen LogP contribution >= 0.6 is 0 Å². The minimum absolute atomic E-state index is 0.0316. The second-order valence-electron chi connectivity index (χ2n) is 5.08. The van der Waals surface area contributed by atoms with E-state index in [2.05, 4.69) is 5.32 Å². The number of nitrogens with zero attached hydrogens (tertiary/aromatic N) is 1. The zero-order valence-electron chi connectivity index (χ0n) is 12.7. The van der Waals surface area contributed by atoms with Crippen LogP contribution < -0.4 is 15.8 Å². The van der Waals surface area contributed by atoms with Gasteiger partial charge in [-0.2, -0.15) is 0 Å². The zero-order chi connectivity index (χ0) is 16.7. The Hall–Kier alpha value is -2.83. The fraction of sp³-hybridized carbons (Fsp3) is 0.312. The van der Waals surface area contributed by atoms with Gasteiger partial charge in [-0.25, -0.2) is 0 Å². The number of hydrogen-bond acceptors (Lipinski definition) is 4. The fourth-order valence-electron chi connectivity index (χ4n) is 2.09. The van der Waals surface area contributed by atoms with Crippen molar-refractivity contribution in [2.75, 3.05) is 26.2 Å². The van der Waals surface area contributed by atoms with Crippen molar-refractivity contribution in [2.45, 2.75) is 6.42 Å². The Morgan fingerprint density at radius 2 is 2.00 bits per heavy atom. The molecule has 0 aliphatic carbocycles. The van der Waals surface area contributed by atoms with Crippen molar-refractivity contribution in [3.05, 3.63) is 35.9 Å². The quantitative estimate of drug-likeness (QED) is 0.741. The maximum absolute atomic E-state index is 12.1. The lowest BCUT2D eigenvalue weighted by Gasteiger charge is -2.17. The summed E-state index contributed by atoms with van der Waals surface area (Å²) in [7, 11) is 0. The molecule has 1 aliphatic heterocycles. The average molecular weight is 317 g/mol. The molecule has 3 amide bonds. The number of carbonyl (C=O) groups is 3. The molecule has 0 aromatic heterocycles. The second-order valence-corrected chi connectivity index (χ2v) is 5.08. The van der Waals surface area contributed by atoms with Gasteiger partial charge in [-0.05, 0) is 23.8 Å². The van der Waals surface area contributed by atoms with Crippen molar-refractivity contribution in [3.8, 4) is 5.75 Å². The third-order valence-electron chi connectivity index (χ3n) is 3.30. The molecule has 1 fully saturated rings. The van der Waals surface area contributed by atoms with Gasteiger partial charge in [-0.1, -0.05) is 12.1 Å². The lowest BCUT2D eigenvalue weighted by atomic mass is 10.2. The van der Waals surface area contributed by atoms with Crippen LogP contribution in [0.15, 0.2) is 30.3 Å². The maximum atomic E-state index is 12.1. The van der Waals surface area contributed by atoms with E-state index in [9.17, 15) is 14.4 Å². The van der Waals surface area contributed by atoms with Crippen LogP contribution in [-0.2, 0) is 14.4 Å². The number of amides is 3. The fourth-order valence-corrected chi connectivity index (χ4v) is 2.09. The highest BCUT2D eigenvalue weighted by atomic mass is 16.5. The molecular weight excluding hydrogens is 298 g/mol. The van der Waals surface area contributed by atoms with Gasteiger partial charge in [0.15, 0.2) is 6.61 Å². The van der Waals surface area contributed by atoms with Gasteiger partial charge < -0.3 is 20.7 Å². The first-order valence-corrected chi connectivity index (χ1v) is 7.29. The number of benzene rings is 1. The molecule has 7 heteroatoms. The molecule has 1 aromatic rings. The largest absolute Gasteiger partial charge is 0.484 e. The van der Waals surface area contributed by atoms with E-state index in [0.29, 0.717) is 31.8 Å². The first-order valence-electron chi connectivity index (χ1n) is 7.29. The predicted octanol–water partition coefficient (Wildman–Crippen LogP) is -0.0876. The molecule has 1 aliphatic rings. The van der Waals surface area contributed by atoms with E-state index < -0.39 is 5.91 Å². The summed E-state index contributed by atoms with van der Waals surface area (Å²) in [4.78, 5) is 35.6. The van der Waals surface area contributed by atoms with E-state index in [1.807, 2.05) is 0 Å². The molecule has 7 nitrogen and oxygen atoms in total. The molecule has 23 heavy (non-hydrogen) atoms. The Morgan fingerprint density at radius 1 is 1.26 bits per heavy atom. The Morgan fingerprint density at radius 3 is 2.70 bits per heavy atom. The topological polar surface area (TPSA) is 102 Å². The van der Waals surface area contributed by atoms with Gasteiger partial charge in [-0.3, -0.25) is 14.4 Å². The molecule has 1 heterocycles. The molecule has 0 atom stereocenters. The van der Waals surface area contributed by atoms with Crippen molar-refractivity contribution in [1.29, 1.82) is 0 Å². The van der Waals surface area contributed by atoms with E-state index in [0.717, 1.165) is 5.56 Å². The van der Waals surface area contributed by atoms with Crippen LogP contribution in [-0.4, -0.2) is 48.9 Å². The molecule has 0 bridgehead atoms. The van der Waals surface area contributed by atoms with Crippen LogP contribution in [0.2, 0.25) is 0 Å². The van der Waals surface area contributed by atoms with Crippen molar-refractivity contribution in [1.82, 2.24) is 10.2 Å². The van der Waals surface area contributed by atoms with E-state index in [1.165, 1.54) is 6.08 Å². The Balaban J connectivity index is 1.90. The number of primary amides is 1. The minimum atomic E-state index is -0.537. The summed E-state index contributed by atoms with van der Waals surface area (Å²) in [6.45, 7) is 1.24. The number of nitrogens with one attached hydrogen (secondary N) is 1. The molecule has 0 spiro atoms. The van der Waals surface area contributed by atoms with Gasteiger partial charge in [0.2, 0.25) is 11.8 Å². The summed E-state index contributed by atoms with van der Waals surface area (Å²) in [5, 5.41) is 2.73. The van der Waals surface area contributed by atoms with Gasteiger partial charge in [-0.15, -0.1) is 0 Å². The van der Waals surface area contributed by atoms with Gasteiger partial charge in [0.1, 0.15) is 5.75 Å². The predicted molar refractivity (Wildman–Crippen MR) is 84.4 cm³/mol. The summed E-state index contributed by atoms with van der Waals surface area (Å²) >= 11 is 0. The number of carbonyl (C=O) groups excluding carboxylic acids is 3. The second kappa shape index (κ2) is 7.98. The Labute approximate surface area is 134 Å². The highest BCUT2D eigenvalue weighted by molar-refractivity contribution is 5.92. The SMILES string of the molecule is NC(=O)COc1ccc(C=CC(=O)N2CCNC(=O)CC2)cc1. The molecule has 0 saturated carbocycles. The lowest BCUT2D eigenvalue weighted by Crippen LogP contribution is -2.32. The number of nitrogens with two attached hydrogens (primary N) is 1. The summed E-state index contributed by atoms with van der Waals surface area (Å²) in [6.07, 6.45) is 3.50. The van der Waals surface area contributed by atoms with E-state index >= 15 is 0 Å². The number of ether oxygens (including phenoxy) is 1. The Kier molecular flexibility index (Phi) is 5.74. The van der Waals surface area contributed by atoms with E-state index in [1.54, 1.807) is 35.2 Å². The maximum Gasteiger partial charge on any atom is 0.255 e. The van der Waals surface area contributed by atoms with Gasteiger partial charge in [0, 0.05) is 32.1 Å². The van der Waals surface area contributed by atoms with Gasteiger partial charge >= 0.3 is 0 Å². The summed E-state index contributed by atoms with van der Waals surface area (Å²) < 4.78 is 5.15. The highest BCUT2D eigenvalue weighted by Crippen LogP contribution is 2.13. The first kappa shape index (κ1) is 16.5. The molecular formula is C16H19N3O4. The van der Waals surface area contributed by atoms with E-state index in [4.69, 9.17) is 10.5 Å². The molecule has 1 saturated heterocycles. The van der Waals surface area contributed by atoms with Crippen molar-refractivity contribution in [3.63, 3.8) is 0 Å². The molecule has 2 rings (SSSR count). The molecule has 3 N–H and O–H groups in total. The summed E-state index contributed by atoms with van der Waals surface area (Å²) in [5.41, 5.74) is 5.83. The standard InChI is InChI=1S/C16H19N3O4/c17-14(20)11-23-13-4-1-12(2-5-13)3-6-16(22)19-9-7-15(21)18-8-10-19/h1-6H,7-11H2,(H2,17,20)(H,18,21). The monoisotopic (exact) mass is 317 g/mol. The van der Waals surface area contributed by atoms with Crippen LogP contribution in [0.5, 0.6) is 5.75 Å². The minimum Gasteiger partial charge on any atom is -0.484 e. The van der Waals surface area contributed by atoms with Crippen LogP contribution in [0.3, 0.4) is 0 Å².